The summed E-state index contributed by atoms with van der Waals surface area (Å²) in [5.41, 5.74) is 0. The van der Waals surface area contributed by atoms with Gasteiger partial charge in [-0.05, 0) is 31.7 Å². The van der Waals surface area contributed by atoms with Gasteiger partial charge < -0.3 is 5.32 Å². The molecule has 0 spiro atoms. The van der Waals surface area contributed by atoms with Crippen molar-refractivity contribution in [3.8, 4) is 0 Å². The standard InChI is InChI=1S/C11H22N2/c1-3-10(4-2)13-7-9-5-6-12-11(9)8-13/h9-12H,3-8H2,1-2H3/t9-,11+/m0/s1. The molecule has 0 aromatic carbocycles. The van der Waals surface area contributed by atoms with Crippen molar-refractivity contribution < 1.29 is 0 Å². The SMILES string of the molecule is CCC(CC)N1C[C@@H]2CCN[C@@H]2C1. The molecule has 2 aliphatic rings. The average Bonchev–Trinajstić information content (AvgIpc) is 2.65. The molecule has 2 heterocycles. The first kappa shape index (κ1) is 9.47. The lowest BCUT2D eigenvalue weighted by Crippen LogP contribution is -2.36. The Morgan fingerprint density at radius 1 is 1.31 bits per heavy atom. The fourth-order valence-corrected chi connectivity index (χ4v) is 2.99. The van der Waals surface area contributed by atoms with Crippen LogP contribution in [0.25, 0.3) is 0 Å². The van der Waals surface area contributed by atoms with Gasteiger partial charge in [-0.2, -0.15) is 0 Å². The van der Waals surface area contributed by atoms with Crippen molar-refractivity contribution in [2.75, 3.05) is 19.6 Å². The Morgan fingerprint density at radius 3 is 2.69 bits per heavy atom. The molecule has 0 aromatic heterocycles. The third kappa shape index (κ3) is 1.75. The lowest BCUT2D eigenvalue weighted by atomic mass is 10.1. The molecule has 0 aliphatic carbocycles. The molecule has 2 aliphatic heterocycles. The summed E-state index contributed by atoms with van der Waals surface area (Å²) in [5, 5.41) is 3.61. The number of hydrogen-bond donors (Lipinski definition) is 1. The zero-order chi connectivity index (χ0) is 9.26. The van der Waals surface area contributed by atoms with Gasteiger partial charge in [0.25, 0.3) is 0 Å². The summed E-state index contributed by atoms with van der Waals surface area (Å²) in [7, 11) is 0. The molecule has 2 fully saturated rings. The molecule has 2 saturated heterocycles. The van der Waals surface area contributed by atoms with E-state index in [0.717, 1.165) is 18.0 Å². The Morgan fingerprint density at radius 2 is 2.08 bits per heavy atom. The van der Waals surface area contributed by atoms with Gasteiger partial charge in [0, 0.05) is 25.2 Å². The van der Waals surface area contributed by atoms with Gasteiger partial charge in [-0.1, -0.05) is 13.8 Å². The van der Waals surface area contributed by atoms with Gasteiger partial charge in [-0.15, -0.1) is 0 Å². The Kier molecular flexibility index (Phi) is 2.89. The molecule has 1 N–H and O–H groups in total. The van der Waals surface area contributed by atoms with Crippen molar-refractivity contribution in [1.29, 1.82) is 0 Å². The second kappa shape index (κ2) is 3.97. The minimum atomic E-state index is 0.820. The molecule has 13 heavy (non-hydrogen) atoms. The van der Waals surface area contributed by atoms with Crippen LogP contribution in [0, 0.1) is 5.92 Å². The quantitative estimate of drug-likeness (QED) is 0.711. The van der Waals surface area contributed by atoms with Crippen molar-refractivity contribution in [2.45, 2.75) is 45.2 Å². The molecule has 0 radical (unpaired) electrons. The molecule has 2 nitrogen and oxygen atoms in total. The van der Waals surface area contributed by atoms with Crippen LogP contribution < -0.4 is 5.32 Å². The Bertz CT molecular complexity index is 153. The lowest BCUT2D eigenvalue weighted by Gasteiger charge is -2.26. The zero-order valence-electron chi connectivity index (χ0n) is 8.92. The predicted molar refractivity (Wildman–Crippen MR) is 55.8 cm³/mol. The molecular weight excluding hydrogens is 160 g/mol. The minimum Gasteiger partial charge on any atom is -0.312 e. The summed E-state index contributed by atoms with van der Waals surface area (Å²) in [6, 6.07) is 1.66. The first-order valence-corrected chi connectivity index (χ1v) is 5.82. The highest BCUT2D eigenvalue weighted by Crippen LogP contribution is 2.27. The number of rotatable bonds is 3. The molecule has 0 unspecified atom stereocenters. The van der Waals surface area contributed by atoms with Gasteiger partial charge in [-0.3, -0.25) is 4.90 Å². The molecule has 76 valence electrons. The monoisotopic (exact) mass is 182 g/mol. The number of fused-ring (bicyclic) bond motifs is 1. The van der Waals surface area contributed by atoms with Crippen LogP contribution in [0.2, 0.25) is 0 Å². The Hall–Kier alpha value is -0.0800. The van der Waals surface area contributed by atoms with Crippen LogP contribution in [0.15, 0.2) is 0 Å². The van der Waals surface area contributed by atoms with Crippen LogP contribution in [0.1, 0.15) is 33.1 Å². The van der Waals surface area contributed by atoms with E-state index in [2.05, 4.69) is 24.1 Å². The van der Waals surface area contributed by atoms with Gasteiger partial charge in [0.1, 0.15) is 0 Å². The number of nitrogens with one attached hydrogen (secondary N) is 1. The second-order valence-electron chi connectivity index (χ2n) is 4.53. The van der Waals surface area contributed by atoms with Crippen molar-refractivity contribution in [3.05, 3.63) is 0 Å². The number of likely N-dealkylation sites (tertiary alicyclic amines) is 1. The van der Waals surface area contributed by atoms with E-state index < -0.39 is 0 Å². The molecule has 2 heteroatoms. The molecule has 0 saturated carbocycles. The van der Waals surface area contributed by atoms with E-state index in [1.54, 1.807) is 0 Å². The van der Waals surface area contributed by atoms with Crippen LogP contribution in [0.3, 0.4) is 0 Å². The summed E-state index contributed by atoms with van der Waals surface area (Å²) >= 11 is 0. The largest absolute Gasteiger partial charge is 0.312 e. The van der Waals surface area contributed by atoms with Crippen LogP contribution >= 0.6 is 0 Å². The third-order valence-electron chi connectivity index (χ3n) is 3.85. The zero-order valence-corrected chi connectivity index (χ0v) is 8.92. The van der Waals surface area contributed by atoms with E-state index in [1.165, 1.54) is 38.9 Å². The van der Waals surface area contributed by atoms with Crippen LogP contribution in [-0.2, 0) is 0 Å². The Balaban J connectivity index is 1.90. The smallest absolute Gasteiger partial charge is 0.0236 e. The van der Waals surface area contributed by atoms with Crippen LogP contribution in [0.4, 0.5) is 0 Å². The van der Waals surface area contributed by atoms with Gasteiger partial charge in [0.2, 0.25) is 0 Å². The van der Waals surface area contributed by atoms with E-state index in [4.69, 9.17) is 0 Å². The average molecular weight is 182 g/mol. The fourth-order valence-electron chi connectivity index (χ4n) is 2.99. The van der Waals surface area contributed by atoms with Crippen molar-refractivity contribution >= 4 is 0 Å². The number of hydrogen-bond acceptors (Lipinski definition) is 2. The first-order valence-electron chi connectivity index (χ1n) is 5.82. The van der Waals surface area contributed by atoms with Crippen LogP contribution in [0.5, 0.6) is 0 Å². The molecule has 0 bridgehead atoms. The van der Waals surface area contributed by atoms with Gasteiger partial charge in [0.05, 0.1) is 0 Å². The molecule has 2 atom stereocenters. The third-order valence-corrected chi connectivity index (χ3v) is 3.85. The summed E-state index contributed by atoms with van der Waals surface area (Å²) < 4.78 is 0. The van der Waals surface area contributed by atoms with Crippen LogP contribution in [-0.4, -0.2) is 36.6 Å². The van der Waals surface area contributed by atoms with E-state index in [9.17, 15) is 0 Å². The molecular formula is C11H22N2. The van der Waals surface area contributed by atoms with E-state index in [-0.39, 0.29) is 0 Å². The number of nitrogens with zero attached hydrogens (tertiary/aromatic N) is 1. The predicted octanol–water partition coefficient (Wildman–Crippen LogP) is 1.47. The highest BCUT2D eigenvalue weighted by Gasteiger charge is 2.37. The fraction of sp³-hybridized carbons (Fsp3) is 1.00. The normalized spacial score (nSPS) is 34.4. The van der Waals surface area contributed by atoms with Gasteiger partial charge in [0.15, 0.2) is 0 Å². The molecule has 0 amide bonds. The summed E-state index contributed by atoms with van der Waals surface area (Å²) in [5.74, 6) is 0.959. The summed E-state index contributed by atoms with van der Waals surface area (Å²) in [6.07, 6.45) is 4.03. The first-order chi connectivity index (χ1) is 6.35. The maximum Gasteiger partial charge on any atom is 0.0236 e. The van der Waals surface area contributed by atoms with E-state index in [0.29, 0.717) is 0 Å². The maximum absolute atomic E-state index is 3.61. The van der Waals surface area contributed by atoms with E-state index >= 15 is 0 Å². The molecule has 0 aromatic rings. The minimum absolute atomic E-state index is 0.820. The maximum atomic E-state index is 3.61. The van der Waals surface area contributed by atoms with Gasteiger partial charge in [-0.25, -0.2) is 0 Å². The highest BCUT2D eigenvalue weighted by molar-refractivity contribution is 4.95. The topological polar surface area (TPSA) is 15.3 Å². The Labute approximate surface area is 81.7 Å². The molecule has 2 rings (SSSR count). The van der Waals surface area contributed by atoms with E-state index in [1.807, 2.05) is 0 Å². The summed E-state index contributed by atoms with van der Waals surface area (Å²) in [6.45, 7) is 8.54. The lowest BCUT2D eigenvalue weighted by molar-refractivity contribution is 0.215. The van der Waals surface area contributed by atoms with Crippen molar-refractivity contribution in [1.82, 2.24) is 10.2 Å². The van der Waals surface area contributed by atoms with Crippen molar-refractivity contribution in [2.24, 2.45) is 5.92 Å². The van der Waals surface area contributed by atoms with Crippen molar-refractivity contribution in [3.63, 3.8) is 0 Å². The second-order valence-corrected chi connectivity index (χ2v) is 4.53. The van der Waals surface area contributed by atoms with Gasteiger partial charge >= 0.3 is 0 Å². The summed E-state index contributed by atoms with van der Waals surface area (Å²) in [4.78, 5) is 2.70. The highest BCUT2D eigenvalue weighted by atomic mass is 15.2.